The normalized spacial score (nSPS) is 43.9. The molecule has 5 aliphatic rings. The van der Waals surface area contributed by atoms with E-state index in [1.165, 1.54) is 18.2 Å². The molecular weight excluding hydrogens is 592 g/mol. The van der Waals surface area contributed by atoms with Crippen molar-refractivity contribution < 1.29 is 28.3 Å². The number of aliphatic hydroxyl groups is 1. The standard InChI is InChI=1S/C28H29BrClF2NO4.C2H6/c1-25-8-7-18(34)10-21(25)22(31)11-20-19-9-15-14-33(17-5-3-16(30)4-6-17)37-28(15,24(36)13-29)26(19,2)12-23(35)27(20,25)32;1-2/h3-8,10,15,19-20,22-23,35H,9,11-14H2,1-2H3;1-2H3/t15-,19-,20-,22-,23-,25-,26-,27-,28-;/m0./s1. The molecule has 0 radical (unpaired) electrons. The minimum absolute atomic E-state index is 0.0179. The van der Waals surface area contributed by atoms with Crippen LogP contribution in [-0.2, 0) is 14.4 Å². The number of carbonyl (C=O) groups is 2. The first-order chi connectivity index (χ1) is 18.4. The molecule has 0 aromatic heterocycles. The van der Waals surface area contributed by atoms with Crippen molar-refractivity contribution in [2.24, 2.45) is 28.6 Å². The lowest BCUT2D eigenvalue weighted by atomic mass is 9.44. The first-order valence-corrected chi connectivity index (χ1v) is 15.2. The van der Waals surface area contributed by atoms with Gasteiger partial charge in [0.05, 0.1) is 23.7 Å². The summed E-state index contributed by atoms with van der Waals surface area (Å²) >= 11 is 9.40. The number of benzene rings is 1. The van der Waals surface area contributed by atoms with Crippen molar-refractivity contribution in [3.63, 3.8) is 0 Å². The van der Waals surface area contributed by atoms with E-state index in [9.17, 15) is 14.7 Å². The number of alkyl halides is 3. The van der Waals surface area contributed by atoms with Crippen molar-refractivity contribution in [2.75, 3.05) is 16.9 Å². The van der Waals surface area contributed by atoms with Gasteiger partial charge in [-0.25, -0.2) is 8.78 Å². The van der Waals surface area contributed by atoms with Gasteiger partial charge < -0.3 is 5.11 Å². The first kappa shape index (κ1) is 28.9. The maximum Gasteiger partial charge on any atom is 0.178 e. The van der Waals surface area contributed by atoms with E-state index in [0.29, 0.717) is 18.0 Å². The van der Waals surface area contributed by atoms with Crippen LogP contribution in [-0.4, -0.2) is 52.1 Å². The lowest BCUT2D eigenvalue weighted by Crippen LogP contribution is -2.70. The Morgan fingerprint density at radius 2 is 1.87 bits per heavy atom. The molecular formula is C30H35BrClF2NO4. The molecule has 6 rings (SSSR count). The number of nitrogens with zero attached hydrogens (tertiary/aromatic N) is 1. The van der Waals surface area contributed by atoms with Crippen LogP contribution < -0.4 is 5.06 Å². The summed E-state index contributed by atoms with van der Waals surface area (Å²) < 4.78 is 33.1. The van der Waals surface area contributed by atoms with Crippen LogP contribution >= 0.6 is 27.5 Å². The molecule has 212 valence electrons. The fourth-order valence-corrected chi connectivity index (χ4v) is 9.15. The second-order valence-electron chi connectivity index (χ2n) is 11.7. The Kier molecular flexibility index (Phi) is 7.22. The van der Waals surface area contributed by atoms with Crippen molar-refractivity contribution >= 4 is 44.8 Å². The molecule has 1 aromatic carbocycles. The molecule has 0 unspecified atom stereocenters. The zero-order valence-electron chi connectivity index (χ0n) is 22.6. The molecule has 0 bridgehead atoms. The quantitative estimate of drug-likeness (QED) is 0.396. The molecule has 39 heavy (non-hydrogen) atoms. The summed E-state index contributed by atoms with van der Waals surface area (Å²) in [6, 6.07) is 7.13. The average Bonchev–Trinajstić information content (AvgIpc) is 3.41. The summed E-state index contributed by atoms with van der Waals surface area (Å²) in [5.74, 6) is -2.07. The lowest BCUT2D eigenvalue weighted by molar-refractivity contribution is -0.226. The molecule has 4 aliphatic carbocycles. The molecule has 1 heterocycles. The molecule has 1 aliphatic heterocycles. The van der Waals surface area contributed by atoms with Crippen LogP contribution in [0.25, 0.3) is 0 Å². The third kappa shape index (κ3) is 3.66. The number of hydroxylamine groups is 1. The van der Waals surface area contributed by atoms with E-state index in [0.717, 1.165) is 5.69 Å². The smallest absolute Gasteiger partial charge is 0.178 e. The van der Waals surface area contributed by atoms with Gasteiger partial charge in [-0.2, -0.15) is 0 Å². The summed E-state index contributed by atoms with van der Waals surface area (Å²) in [5.41, 5.74) is -5.03. The maximum atomic E-state index is 17.4. The number of carbonyl (C=O) groups excluding carboxylic acids is 2. The summed E-state index contributed by atoms with van der Waals surface area (Å²) in [6.45, 7) is 7.89. The molecule has 1 saturated heterocycles. The van der Waals surface area contributed by atoms with Crippen LogP contribution in [0.5, 0.6) is 0 Å². The fourth-order valence-electron chi connectivity index (χ4n) is 8.61. The highest BCUT2D eigenvalue weighted by molar-refractivity contribution is 9.09. The van der Waals surface area contributed by atoms with Gasteiger partial charge in [-0.15, -0.1) is 0 Å². The average molecular weight is 627 g/mol. The summed E-state index contributed by atoms with van der Waals surface area (Å²) in [4.78, 5) is 32.3. The Morgan fingerprint density at radius 3 is 2.51 bits per heavy atom. The van der Waals surface area contributed by atoms with Crippen LogP contribution in [0.2, 0.25) is 5.02 Å². The third-order valence-corrected chi connectivity index (χ3v) is 11.0. The van der Waals surface area contributed by atoms with E-state index in [-0.39, 0.29) is 41.2 Å². The second kappa shape index (κ2) is 9.74. The summed E-state index contributed by atoms with van der Waals surface area (Å²) in [6.07, 6.45) is 1.19. The van der Waals surface area contributed by atoms with Crippen LogP contribution in [0.4, 0.5) is 14.5 Å². The van der Waals surface area contributed by atoms with Crippen LogP contribution in [0.1, 0.15) is 47.0 Å². The number of hydrogen-bond donors (Lipinski definition) is 1. The van der Waals surface area contributed by atoms with Gasteiger partial charge in [0.1, 0.15) is 6.17 Å². The van der Waals surface area contributed by atoms with Crippen molar-refractivity contribution in [3.05, 3.63) is 53.1 Å². The Hall–Kier alpha value is -1.61. The van der Waals surface area contributed by atoms with Gasteiger partial charge in [0.25, 0.3) is 0 Å². The molecule has 1 N–H and O–H groups in total. The Morgan fingerprint density at radius 1 is 1.21 bits per heavy atom. The fraction of sp³-hybridized carbons (Fsp3) is 0.600. The third-order valence-electron chi connectivity index (χ3n) is 10.3. The number of halogens is 4. The molecule has 0 amide bonds. The predicted molar refractivity (Wildman–Crippen MR) is 150 cm³/mol. The molecule has 4 fully saturated rings. The molecule has 9 atom stereocenters. The van der Waals surface area contributed by atoms with Gasteiger partial charge in [0.15, 0.2) is 22.8 Å². The number of fused-ring (bicyclic) bond motifs is 7. The van der Waals surface area contributed by atoms with Crippen molar-refractivity contribution in [2.45, 2.75) is 70.5 Å². The Bertz CT molecular complexity index is 1240. The van der Waals surface area contributed by atoms with E-state index in [1.807, 2.05) is 32.9 Å². The molecule has 1 aromatic rings. The predicted octanol–water partition coefficient (Wildman–Crippen LogP) is 6.37. The zero-order chi connectivity index (χ0) is 28.5. The number of allylic oxidation sites excluding steroid dienone is 4. The Labute approximate surface area is 241 Å². The SMILES string of the molecule is CC.C[C@]12C=CC(=O)C=C1[C@@H](F)C[C@H]1[C@@H]3C[C@H]4CN(c5ccc(Cl)cc5)O[C@@]4(C(=O)CBr)[C@@]3(C)C[C@H](O)[C@@]12F. The van der Waals surface area contributed by atoms with Crippen molar-refractivity contribution in [3.8, 4) is 0 Å². The minimum Gasteiger partial charge on any atom is -0.390 e. The van der Waals surface area contributed by atoms with E-state index in [4.69, 9.17) is 16.4 Å². The van der Waals surface area contributed by atoms with Crippen LogP contribution in [0.3, 0.4) is 0 Å². The van der Waals surface area contributed by atoms with Gasteiger partial charge in [-0.3, -0.25) is 19.5 Å². The van der Waals surface area contributed by atoms with Gasteiger partial charge in [0.2, 0.25) is 0 Å². The summed E-state index contributed by atoms with van der Waals surface area (Å²) in [5, 5.41) is 13.9. The number of rotatable bonds is 3. The number of anilines is 1. The van der Waals surface area contributed by atoms with E-state index < -0.39 is 46.2 Å². The molecule has 0 spiro atoms. The number of aliphatic hydroxyl groups excluding tert-OH is 1. The summed E-state index contributed by atoms with van der Waals surface area (Å²) in [7, 11) is 0. The number of Topliss-reactive ketones (excluding diaryl/α,β-unsaturated/α-hetero) is 1. The van der Waals surface area contributed by atoms with Crippen molar-refractivity contribution in [1.29, 1.82) is 0 Å². The van der Waals surface area contributed by atoms with E-state index in [2.05, 4.69) is 15.9 Å². The van der Waals surface area contributed by atoms with Gasteiger partial charge >= 0.3 is 0 Å². The van der Waals surface area contributed by atoms with Gasteiger partial charge in [0, 0.05) is 27.7 Å². The van der Waals surface area contributed by atoms with Gasteiger partial charge in [-0.1, -0.05) is 54.4 Å². The highest BCUT2D eigenvalue weighted by Gasteiger charge is 2.79. The minimum atomic E-state index is -2.18. The number of ketones is 2. The largest absolute Gasteiger partial charge is 0.390 e. The first-order valence-electron chi connectivity index (χ1n) is 13.7. The van der Waals surface area contributed by atoms with E-state index >= 15 is 8.78 Å². The van der Waals surface area contributed by atoms with Crippen LogP contribution in [0, 0.1) is 28.6 Å². The topological polar surface area (TPSA) is 66.8 Å². The van der Waals surface area contributed by atoms with Gasteiger partial charge in [-0.05, 0) is 74.1 Å². The number of hydrogen-bond acceptors (Lipinski definition) is 5. The highest BCUT2D eigenvalue weighted by Crippen LogP contribution is 2.72. The molecule has 9 heteroatoms. The monoisotopic (exact) mass is 625 g/mol. The van der Waals surface area contributed by atoms with Crippen molar-refractivity contribution in [1.82, 2.24) is 0 Å². The lowest BCUT2D eigenvalue weighted by Gasteiger charge is -2.63. The maximum absolute atomic E-state index is 17.4. The van der Waals surface area contributed by atoms with E-state index in [1.54, 1.807) is 24.1 Å². The zero-order valence-corrected chi connectivity index (χ0v) is 24.9. The second-order valence-corrected chi connectivity index (χ2v) is 12.7. The Balaban J connectivity index is 0.00000151. The van der Waals surface area contributed by atoms with Crippen LogP contribution in [0.15, 0.2) is 48.1 Å². The molecule has 5 nitrogen and oxygen atoms in total. The molecule has 3 saturated carbocycles. The highest BCUT2D eigenvalue weighted by atomic mass is 79.9.